The predicted octanol–water partition coefficient (Wildman–Crippen LogP) is 3.76. The van der Waals surface area contributed by atoms with Gasteiger partial charge in [-0.25, -0.2) is 9.97 Å². The number of ketones is 1. The van der Waals surface area contributed by atoms with Crippen LogP contribution in [0.1, 0.15) is 83.3 Å². The standard InChI is InChI=1S/C39H41N9O6S/c1-22-27-19-41-39(44-35(27)48(24-6-3-4-7-24)38(54)34(22)23(2)49)42-31-12-10-25(18-40-31)45-14-16-46(17-15-45)33(51)21-55-30-9-5-8-26-28(30)20-47(37(26)53)29-11-13-32(50)43-36(29)52/h5,8-10,12,18-19,24,29H,3-4,6-7,11,13-17,20-21H2,1-2H3,(H,43,50,52)(H,40,41,42,44). The lowest BCUT2D eigenvalue weighted by atomic mass is 10.0. The number of benzene rings is 1. The molecule has 3 aromatic heterocycles. The van der Waals surface area contributed by atoms with Crippen molar-refractivity contribution in [2.45, 2.75) is 75.9 Å². The summed E-state index contributed by atoms with van der Waals surface area (Å²) in [4.78, 5) is 96.8. The smallest absolute Gasteiger partial charge is 0.263 e. The number of hydrogen-bond acceptors (Lipinski definition) is 12. The molecule has 1 aromatic carbocycles. The van der Waals surface area contributed by atoms with E-state index < -0.39 is 11.9 Å². The van der Waals surface area contributed by atoms with Crippen molar-refractivity contribution in [1.29, 1.82) is 0 Å². The molecule has 3 fully saturated rings. The number of aromatic nitrogens is 4. The molecule has 1 aliphatic carbocycles. The summed E-state index contributed by atoms with van der Waals surface area (Å²) in [7, 11) is 0. The van der Waals surface area contributed by atoms with E-state index >= 15 is 0 Å². The molecule has 2 saturated heterocycles. The minimum absolute atomic E-state index is 0.00715. The van der Waals surface area contributed by atoms with Crippen LogP contribution in [0.4, 0.5) is 17.5 Å². The Hall–Kier alpha value is -5.64. The summed E-state index contributed by atoms with van der Waals surface area (Å²) in [6.45, 7) is 5.82. The number of carbonyl (C=O) groups is 5. The van der Waals surface area contributed by atoms with Crippen molar-refractivity contribution in [2.75, 3.05) is 42.1 Å². The molecule has 1 unspecified atom stereocenters. The summed E-state index contributed by atoms with van der Waals surface area (Å²) in [6.07, 6.45) is 7.69. The van der Waals surface area contributed by atoms with E-state index in [1.807, 2.05) is 23.1 Å². The Labute approximate surface area is 320 Å². The number of thioether (sulfide) groups is 1. The molecule has 4 aliphatic rings. The van der Waals surface area contributed by atoms with Crippen LogP contribution in [-0.4, -0.2) is 96.7 Å². The van der Waals surface area contributed by atoms with Crippen molar-refractivity contribution >= 4 is 69.7 Å². The first-order valence-corrected chi connectivity index (χ1v) is 19.6. The van der Waals surface area contributed by atoms with Crippen LogP contribution in [0.2, 0.25) is 0 Å². The normalized spacial score (nSPS) is 18.9. The second kappa shape index (κ2) is 14.9. The number of aryl methyl sites for hydroxylation is 1. The van der Waals surface area contributed by atoms with Gasteiger partial charge in [0.15, 0.2) is 5.78 Å². The van der Waals surface area contributed by atoms with Crippen molar-refractivity contribution in [3.63, 3.8) is 0 Å². The second-order valence-corrected chi connectivity index (χ2v) is 15.5. The molecule has 2 N–H and O–H groups in total. The third kappa shape index (κ3) is 6.94. The van der Waals surface area contributed by atoms with Gasteiger partial charge in [-0.05, 0) is 68.5 Å². The van der Waals surface area contributed by atoms with Gasteiger partial charge < -0.3 is 20.0 Å². The highest BCUT2D eigenvalue weighted by molar-refractivity contribution is 8.00. The van der Waals surface area contributed by atoms with E-state index in [0.29, 0.717) is 66.5 Å². The average molecular weight is 764 g/mol. The zero-order chi connectivity index (χ0) is 38.4. The molecule has 4 amide bonds. The number of piperazine rings is 1. The Kier molecular flexibility index (Phi) is 9.84. The van der Waals surface area contributed by atoms with E-state index in [1.54, 1.807) is 36.0 Å². The molecule has 284 valence electrons. The van der Waals surface area contributed by atoms with Gasteiger partial charge in [-0.2, -0.15) is 4.98 Å². The molecule has 1 saturated carbocycles. The molecule has 0 radical (unpaired) electrons. The second-order valence-electron chi connectivity index (χ2n) is 14.5. The Morgan fingerprint density at radius 3 is 2.45 bits per heavy atom. The molecule has 3 aliphatic heterocycles. The molecule has 1 atom stereocenters. The summed E-state index contributed by atoms with van der Waals surface area (Å²) >= 11 is 1.39. The zero-order valence-electron chi connectivity index (χ0n) is 30.7. The van der Waals surface area contributed by atoms with Crippen molar-refractivity contribution in [2.24, 2.45) is 0 Å². The third-order valence-electron chi connectivity index (χ3n) is 11.1. The van der Waals surface area contributed by atoms with Crippen molar-refractivity contribution in [1.82, 2.24) is 34.6 Å². The molecule has 16 heteroatoms. The van der Waals surface area contributed by atoms with Gasteiger partial charge in [0.1, 0.15) is 17.5 Å². The van der Waals surface area contributed by atoms with Gasteiger partial charge in [0.25, 0.3) is 11.5 Å². The number of hydrogen-bond donors (Lipinski definition) is 2. The minimum atomic E-state index is -0.689. The number of amides is 4. The van der Waals surface area contributed by atoms with Crippen LogP contribution in [0.5, 0.6) is 0 Å². The maximum absolute atomic E-state index is 13.5. The number of fused-ring (bicyclic) bond motifs is 2. The van der Waals surface area contributed by atoms with E-state index in [1.165, 1.54) is 23.6 Å². The molecule has 4 aromatic rings. The fourth-order valence-electron chi connectivity index (χ4n) is 8.21. The first-order chi connectivity index (χ1) is 26.6. The average Bonchev–Trinajstić information content (AvgIpc) is 3.83. The van der Waals surface area contributed by atoms with E-state index in [2.05, 4.69) is 25.5 Å². The van der Waals surface area contributed by atoms with Crippen LogP contribution in [0.15, 0.2) is 52.4 Å². The largest absolute Gasteiger partial charge is 0.367 e. The first kappa shape index (κ1) is 36.3. The molecule has 55 heavy (non-hydrogen) atoms. The van der Waals surface area contributed by atoms with Crippen LogP contribution in [0, 0.1) is 6.92 Å². The van der Waals surface area contributed by atoms with Crippen LogP contribution < -0.4 is 21.1 Å². The van der Waals surface area contributed by atoms with Crippen molar-refractivity contribution < 1.29 is 24.0 Å². The fraction of sp³-hybridized carbons (Fsp3) is 0.410. The summed E-state index contributed by atoms with van der Waals surface area (Å²) in [5, 5.41) is 6.18. The zero-order valence-corrected chi connectivity index (χ0v) is 31.5. The number of rotatable bonds is 9. The number of Topliss-reactive ketones (excluding diaryl/α,β-unsaturated/α-hetero) is 1. The SMILES string of the molecule is CC(=O)c1c(C)c2cnc(Nc3ccc(N4CCN(C(=O)CSc5cccc6c5CN(C5CCC(=O)NC5=O)C6=O)CC4)cn3)nc2n(C2CCCC2)c1=O. The lowest BCUT2D eigenvalue weighted by Gasteiger charge is -2.36. The summed E-state index contributed by atoms with van der Waals surface area (Å²) in [5.41, 5.74) is 3.25. The maximum atomic E-state index is 13.5. The predicted molar refractivity (Wildman–Crippen MR) is 206 cm³/mol. The van der Waals surface area contributed by atoms with E-state index in [-0.39, 0.29) is 59.4 Å². The Bertz CT molecular complexity index is 2300. The molecule has 0 bridgehead atoms. The van der Waals surface area contributed by atoms with Crippen LogP contribution in [0.3, 0.4) is 0 Å². The summed E-state index contributed by atoms with van der Waals surface area (Å²) in [6, 6.07) is 8.53. The van der Waals surface area contributed by atoms with Gasteiger partial charge in [-0.1, -0.05) is 18.9 Å². The van der Waals surface area contributed by atoms with E-state index in [4.69, 9.17) is 4.98 Å². The van der Waals surface area contributed by atoms with E-state index in [9.17, 15) is 28.8 Å². The number of piperidine rings is 1. The van der Waals surface area contributed by atoms with Gasteiger partial charge in [0, 0.05) is 67.2 Å². The number of anilines is 3. The van der Waals surface area contributed by atoms with Crippen LogP contribution in [0.25, 0.3) is 11.0 Å². The first-order valence-electron chi connectivity index (χ1n) is 18.7. The lowest BCUT2D eigenvalue weighted by Crippen LogP contribution is -2.52. The summed E-state index contributed by atoms with van der Waals surface area (Å²) in [5.74, 6) is -0.206. The Morgan fingerprint density at radius 2 is 1.75 bits per heavy atom. The number of nitrogens with zero attached hydrogens (tertiary/aromatic N) is 7. The Morgan fingerprint density at radius 1 is 0.964 bits per heavy atom. The van der Waals surface area contributed by atoms with E-state index in [0.717, 1.165) is 41.8 Å². The highest BCUT2D eigenvalue weighted by Gasteiger charge is 2.40. The number of pyridine rings is 2. The van der Waals surface area contributed by atoms with Gasteiger partial charge in [-0.15, -0.1) is 11.8 Å². The molecule has 8 rings (SSSR count). The van der Waals surface area contributed by atoms with Gasteiger partial charge in [-0.3, -0.25) is 38.7 Å². The quantitative estimate of drug-likeness (QED) is 0.144. The van der Waals surface area contributed by atoms with Gasteiger partial charge in [0.05, 0.1) is 23.2 Å². The number of carbonyl (C=O) groups excluding carboxylic acids is 5. The molecular formula is C39H41N9O6S. The van der Waals surface area contributed by atoms with Crippen LogP contribution in [-0.2, 0) is 20.9 Å². The van der Waals surface area contributed by atoms with Crippen molar-refractivity contribution in [3.8, 4) is 0 Å². The highest BCUT2D eigenvalue weighted by Crippen LogP contribution is 2.35. The maximum Gasteiger partial charge on any atom is 0.263 e. The van der Waals surface area contributed by atoms with Crippen LogP contribution >= 0.6 is 11.8 Å². The lowest BCUT2D eigenvalue weighted by molar-refractivity contribution is -0.137. The molecule has 15 nitrogen and oxygen atoms in total. The van der Waals surface area contributed by atoms with Gasteiger partial charge >= 0.3 is 0 Å². The third-order valence-corrected chi connectivity index (χ3v) is 12.2. The monoisotopic (exact) mass is 763 g/mol. The fourth-order valence-corrected chi connectivity index (χ4v) is 9.19. The topological polar surface area (TPSA) is 180 Å². The highest BCUT2D eigenvalue weighted by atomic mass is 32.2. The number of imide groups is 1. The molecule has 6 heterocycles. The molecular weight excluding hydrogens is 723 g/mol. The number of nitrogens with one attached hydrogen (secondary N) is 2. The molecule has 0 spiro atoms. The minimum Gasteiger partial charge on any atom is -0.367 e. The summed E-state index contributed by atoms with van der Waals surface area (Å²) < 4.78 is 1.69. The van der Waals surface area contributed by atoms with Crippen molar-refractivity contribution in [3.05, 3.63) is 75.3 Å². The van der Waals surface area contributed by atoms with Gasteiger partial charge in [0.2, 0.25) is 23.7 Å². The Balaban J connectivity index is 0.877.